The lowest BCUT2D eigenvalue weighted by molar-refractivity contribution is -0.384. The maximum absolute atomic E-state index is 12.4. The fourth-order valence-electron chi connectivity index (χ4n) is 3.11. The quantitative estimate of drug-likeness (QED) is 0.227. The van der Waals surface area contributed by atoms with Gasteiger partial charge in [-0.3, -0.25) is 14.9 Å². The first-order valence-electron chi connectivity index (χ1n) is 9.32. The van der Waals surface area contributed by atoms with Gasteiger partial charge in [-0.1, -0.05) is 27.5 Å². The lowest BCUT2D eigenvalue weighted by atomic mass is 10.1. The molecule has 1 fully saturated rings. The molecule has 1 aliphatic heterocycles. The first-order chi connectivity index (χ1) is 15.2. The molecule has 1 N–H and O–H groups in total. The van der Waals surface area contributed by atoms with Gasteiger partial charge in [0, 0.05) is 28.2 Å². The minimum atomic E-state index is -0.500. The standard InChI is InChI=1S/C22H15BrClN3O4S/c1-11-7-13(8-12(2)20(11)23)25-22-26-21(28)19(32-22)10-15-4-6-18(31-15)16-9-14(27(29)30)3-5-17(16)24/h3-10H,1-2H3,(H,25,26,28)/b19-10-. The number of hydrogen-bond acceptors (Lipinski definition) is 6. The van der Waals surface area contributed by atoms with Crippen LogP contribution in [-0.2, 0) is 4.79 Å². The summed E-state index contributed by atoms with van der Waals surface area (Å²) in [5, 5.41) is 14.6. The molecule has 4 rings (SSSR count). The number of amidine groups is 1. The number of aryl methyl sites for hydroxylation is 2. The van der Waals surface area contributed by atoms with Crippen molar-refractivity contribution in [2.45, 2.75) is 13.8 Å². The van der Waals surface area contributed by atoms with Crippen LogP contribution in [0.4, 0.5) is 11.4 Å². The van der Waals surface area contributed by atoms with Crippen LogP contribution < -0.4 is 5.32 Å². The van der Waals surface area contributed by atoms with Crippen molar-refractivity contribution in [1.29, 1.82) is 0 Å². The predicted octanol–water partition coefficient (Wildman–Crippen LogP) is 6.78. The second-order valence-electron chi connectivity index (χ2n) is 7.00. The summed E-state index contributed by atoms with van der Waals surface area (Å²) >= 11 is 10.9. The van der Waals surface area contributed by atoms with Crippen molar-refractivity contribution >= 4 is 67.8 Å². The molecule has 3 aromatic rings. The van der Waals surface area contributed by atoms with Gasteiger partial charge in [-0.05, 0) is 67.1 Å². The third-order valence-electron chi connectivity index (χ3n) is 4.63. The molecule has 7 nitrogen and oxygen atoms in total. The number of amides is 1. The summed E-state index contributed by atoms with van der Waals surface area (Å²) in [5.41, 5.74) is 3.16. The Kier molecular flexibility index (Phi) is 6.23. The number of nitrogens with zero attached hydrogens (tertiary/aromatic N) is 2. The Morgan fingerprint density at radius 3 is 2.59 bits per heavy atom. The van der Waals surface area contributed by atoms with E-state index in [4.69, 9.17) is 16.0 Å². The van der Waals surface area contributed by atoms with E-state index in [0.29, 0.717) is 32.2 Å². The SMILES string of the molecule is Cc1cc(N=C2NC(=O)/C(=C/c3ccc(-c4cc([N+](=O)[O-])ccc4Cl)o3)S2)cc(C)c1Br. The van der Waals surface area contributed by atoms with Crippen LogP contribution in [0.15, 0.2) is 61.3 Å². The van der Waals surface area contributed by atoms with Gasteiger partial charge in [0.15, 0.2) is 5.17 Å². The van der Waals surface area contributed by atoms with E-state index in [0.717, 1.165) is 21.3 Å². The summed E-state index contributed by atoms with van der Waals surface area (Å²) < 4.78 is 6.80. The van der Waals surface area contributed by atoms with Crippen molar-refractivity contribution < 1.29 is 14.1 Å². The van der Waals surface area contributed by atoms with Crippen molar-refractivity contribution in [2.75, 3.05) is 0 Å². The molecule has 1 saturated heterocycles. The van der Waals surface area contributed by atoms with Gasteiger partial charge in [-0.2, -0.15) is 0 Å². The number of nitrogens with one attached hydrogen (secondary N) is 1. The summed E-state index contributed by atoms with van der Waals surface area (Å²) in [7, 11) is 0. The zero-order chi connectivity index (χ0) is 23.0. The maximum atomic E-state index is 12.4. The van der Waals surface area contributed by atoms with Gasteiger partial charge >= 0.3 is 0 Å². The highest BCUT2D eigenvalue weighted by Crippen LogP contribution is 2.35. The van der Waals surface area contributed by atoms with E-state index in [2.05, 4.69) is 26.2 Å². The molecule has 0 aliphatic carbocycles. The van der Waals surface area contributed by atoms with Gasteiger partial charge < -0.3 is 9.73 Å². The molecule has 10 heteroatoms. The predicted molar refractivity (Wildman–Crippen MR) is 130 cm³/mol. The molecule has 2 heterocycles. The van der Waals surface area contributed by atoms with Gasteiger partial charge in [0.2, 0.25) is 0 Å². The van der Waals surface area contributed by atoms with Gasteiger partial charge in [0.05, 0.1) is 20.5 Å². The highest BCUT2D eigenvalue weighted by atomic mass is 79.9. The average Bonchev–Trinajstić information content (AvgIpc) is 3.33. The molecule has 32 heavy (non-hydrogen) atoms. The Balaban J connectivity index is 1.58. The largest absolute Gasteiger partial charge is 0.457 e. The Morgan fingerprint density at radius 1 is 1.19 bits per heavy atom. The molecule has 0 atom stereocenters. The number of nitro groups is 1. The average molecular weight is 533 g/mol. The van der Waals surface area contributed by atoms with Crippen molar-refractivity contribution in [2.24, 2.45) is 4.99 Å². The van der Waals surface area contributed by atoms with Crippen LogP contribution in [-0.4, -0.2) is 16.0 Å². The second kappa shape index (κ2) is 8.93. The van der Waals surface area contributed by atoms with Gasteiger partial charge in [-0.15, -0.1) is 0 Å². The minimum absolute atomic E-state index is 0.0919. The number of hydrogen-bond donors (Lipinski definition) is 1. The number of thioether (sulfide) groups is 1. The fourth-order valence-corrected chi connectivity index (χ4v) is 4.37. The first kappa shape index (κ1) is 22.3. The van der Waals surface area contributed by atoms with Gasteiger partial charge in [-0.25, -0.2) is 4.99 Å². The fraction of sp³-hybridized carbons (Fsp3) is 0.0909. The normalized spacial score (nSPS) is 16.1. The van der Waals surface area contributed by atoms with E-state index >= 15 is 0 Å². The molecule has 1 amide bonds. The van der Waals surface area contributed by atoms with E-state index in [1.807, 2.05) is 26.0 Å². The van der Waals surface area contributed by atoms with Gasteiger partial charge in [0.25, 0.3) is 11.6 Å². The van der Waals surface area contributed by atoms with Crippen LogP contribution in [0.3, 0.4) is 0 Å². The number of carbonyl (C=O) groups excluding carboxylic acids is 1. The van der Waals surface area contributed by atoms with Crippen LogP contribution in [0.5, 0.6) is 0 Å². The zero-order valence-electron chi connectivity index (χ0n) is 16.8. The monoisotopic (exact) mass is 531 g/mol. The summed E-state index contributed by atoms with van der Waals surface area (Å²) in [4.78, 5) is 27.9. The van der Waals surface area contributed by atoms with E-state index < -0.39 is 4.92 Å². The number of rotatable bonds is 4. The molecular weight excluding hydrogens is 518 g/mol. The summed E-state index contributed by atoms with van der Waals surface area (Å²) in [6, 6.07) is 11.3. The number of carbonyl (C=O) groups is 1. The zero-order valence-corrected chi connectivity index (χ0v) is 20.0. The summed E-state index contributed by atoms with van der Waals surface area (Å²) in [6.07, 6.45) is 1.59. The molecule has 0 spiro atoms. The van der Waals surface area contributed by atoms with E-state index in [9.17, 15) is 14.9 Å². The molecule has 0 radical (unpaired) electrons. The Bertz CT molecular complexity index is 1310. The molecule has 2 aromatic carbocycles. The number of non-ortho nitro benzene ring substituents is 1. The minimum Gasteiger partial charge on any atom is -0.457 e. The van der Waals surface area contributed by atoms with Gasteiger partial charge in [0.1, 0.15) is 11.5 Å². The molecule has 1 aliphatic rings. The number of benzene rings is 2. The molecule has 1 aromatic heterocycles. The van der Waals surface area contributed by atoms with E-state index in [1.165, 1.54) is 30.0 Å². The molecule has 162 valence electrons. The second-order valence-corrected chi connectivity index (χ2v) is 9.23. The third kappa shape index (κ3) is 4.64. The number of halogens is 2. The molecular formula is C22H15BrClN3O4S. The van der Waals surface area contributed by atoms with Crippen molar-refractivity contribution in [3.8, 4) is 11.3 Å². The number of nitro benzene ring substituents is 1. The lowest BCUT2D eigenvalue weighted by Gasteiger charge is -2.04. The highest BCUT2D eigenvalue weighted by Gasteiger charge is 2.24. The van der Waals surface area contributed by atoms with Crippen molar-refractivity contribution in [3.63, 3.8) is 0 Å². The Labute approximate surface area is 200 Å². The van der Waals surface area contributed by atoms with Crippen LogP contribution in [0.1, 0.15) is 16.9 Å². The van der Waals surface area contributed by atoms with E-state index in [-0.39, 0.29) is 11.6 Å². The molecule has 0 bridgehead atoms. The lowest BCUT2D eigenvalue weighted by Crippen LogP contribution is -2.19. The smallest absolute Gasteiger partial charge is 0.270 e. The topological polar surface area (TPSA) is 97.7 Å². The summed E-state index contributed by atoms with van der Waals surface area (Å²) in [6.45, 7) is 3.96. The Morgan fingerprint density at radius 2 is 1.91 bits per heavy atom. The van der Waals surface area contributed by atoms with E-state index in [1.54, 1.807) is 18.2 Å². The van der Waals surface area contributed by atoms with Crippen LogP contribution in [0.2, 0.25) is 5.02 Å². The first-order valence-corrected chi connectivity index (χ1v) is 11.3. The third-order valence-corrected chi connectivity index (χ3v) is 7.12. The van der Waals surface area contributed by atoms with Crippen LogP contribution in [0, 0.1) is 24.0 Å². The molecule has 0 saturated carbocycles. The van der Waals surface area contributed by atoms with Crippen molar-refractivity contribution in [3.05, 3.63) is 83.9 Å². The van der Waals surface area contributed by atoms with Crippen LogP contribution >= 0.6 is 39.3 Å². The summed E-state index contributed by atoms with van der Waals surface area (Å²) in [5.74, 6) is 0.492. The number of aliphatic imine (C=N–C) groups is 1. The Hall–Kier alpha value is -2.88. The highest BCUT2D eigenvalue weighted by molar-refractivity contribution is 9.10. The van der Waals surface area contributed by atoms with Crippen molar-refractivity contribution in [1.82, 2.24) is 5.32 Å². The number of furan rings is 1. The maximum Gasteiger partial charge on any atom is 0.270 e. The van der Waals surface area contributed by atoms with Crippen LogP contribution in [0.25, 0.3) is 17.4 Å². The molecule has 0 unspecified atom stereocenters.